The second kappa shape index (κ2) is 8.45. The highest BCUT2D eigenvalue weighted by Crippen LogP contribution is 2.37. The average molecular weight is 377 g/mol. The van der Waals surface area contributed by atoms with Crippen LogP contribution in [-0.2, 0) is 0 Å². The first-order valence-corrected chi connectivity index (χ1v) is 9.32. The summed E-state index contributed by atoms with van der Waals surface area (Å²) >= 11 is 6.18. The Morgan fingerprint density at radius 1 is 1.23 bits per heavy atom. The second-order valence-electron chi connectivity index (χ2n) is 6.31. The average Bonchev–Trinajstić information content (AvgIpc) is 2.69. The number of hydrogen-bond acceptors (Lipinski definition) is 6. The molecule has 1 fully saturated rings. The fraction of sp³-hybridized carbons (Fsp3) is 0.474. The first kappa shape index (κ1) is 18.6. The molecule has 0 saturated carbocycles. The molecule has 0 spiro atoms. The maximum absolute atomic E-state index is 6.18. The molecule has 0 amide bonds. The molecule has 3 rings (SSSR count). The van der Waals surface area contributed by atoms with Crippen LogP contribution in [0.4, 0.5) is 17.5 Å². The summed E-state index contributed by atoms with van der Waals surface area (Å²) in [6, 6.07) is 5.88. The molecule has 1 aliphatic rings. The summed E-state index contributed by atoms with van der Waals surface area (Å²) in [5.74, 6) is 2.67. The molecule has 2 aromatic rings. The zero-order valence-electron chi connectivity index (χ0n) is 15.5. The van der Waals surface area contributed by atoms with Crippen LogP contribution in [0, 0.1) is 0 Å². The highest BCUT2D eigenvalue weighted by molar-refractivity contribution is 6.32. The van der Waals surface area contributed by atoms with Gasteiger partial charge in [0, 0.05) is 30.9 Å². The van der Waals surface area contributed by atoms with Crippen molar-refractivity contribution in [2.24, 2.45) is 0 Å². The van der Waals surface area contributed by atoms with Crippen molar-refractivity contribution in [1.82, 2.24) is 9.97 Å². The molecule has 0 aliphatic carbocycles. The highest BCUT2D eigenvalue weighted by atomic mass is 35.5. The molecule has 7 heteroatoms. The molecular formula is C19H25ClN4O2. The maximum Gasteiger partial charge on any atom is 0.227 e. The van der Waals surface area contributed by atoms with Gasteiger partial charge in [-0.2, -0.15) is 4.98 Å². The number of nitrogens with zero attached hydrogens (tertiary/aromatic N) is 3. The SMILES string of the molecule is CCC1CCCCN1c1nccc(Nc2cc(OC)c(Cl)cc2OC)n1. The van der Waals surface area contributed by atoms with E-state index in [1.54, 1.807) is 32.5 Å². The lowest BCUT2D eigenvalue weighted by Crippen LogP contribution is -2.40. The molecule has 2 heterocycles. The Morgan fingerprint density at radius 3 is 2.77 bits per heavy atom. The molecule has 0 bridgehead atoms. The van der Waals surface area contributed by atoms with Gasteiger partial charge in [0.15, 0.2) is 0 Å². The van der Waals surface area contributed by atoms with Crippen LogP contribution < -0.4 is 19.7 Å². The minimum absolute atomic E-state index is 0.498. The molecule has 1 aliphatic heterocycles. The van der Waals surface area contributed by atoms with E-state index in [1.807, 2.05) is 6.07 Å². The molecule has 6 nitrogen and oxygen atoms in total. The topological polar surface area (TPSA) is 59.5 Å². The van der Waals surface area contributed by atoms with Gasteiger partial charge in [-0.25, -0.2) is 4.98 Å². The van der Waals surface area contributed by atoms with Crippen molar-refractivity contribution in [2.75, 3.05) is 31.0 Å². The lowest BCUT2D eigenvalue weighted by Gasteiger charge is -2.35. The Labute approximate surface area is 159 Å². The van der Waals surface area contributed by atoms with Crippen molar-refractivity contribution < 1.29 is 9.47 Å². The van der Waals surface area contributed by atoms with Crippen LogP contribution in [0.2, 0.25) is 5.02 Å². The van der Waals surface area contributed by atoms with Crippen LogP contribution in [0.15, 0.2) is 24.4 Å². The summed E-state index contributed by atoms with van der Waals surface area (Å²) in [4.78, 5) is 11.5. The van der Waals surface area contributed by atoms with Crippen LogP contribution in [0.5, 0.6) is 11.5 Å². The molecule has 0 radical (unpaired) electrons. The second-order valence-corrected chi connectivity index (χ2v) is 6.71. The zero-order valence-corrected chi connectivity index (χ0v) is 16.2. The molecule has 1 atom stereocenters. The number of nitrogens with one attached hydrogen (secondary N) is 1. The van der Waals surface area contributed by atoms with Gasteiger partial charge in [0.25, 0.3) is 0 Å². The Balaban J connectivity index is 1.87. The number of aromatic nitrogens is 2. The van der Waals surface area contributed by atoms with E-state index in [2.05, 4.69) is 22.1 Å². The number of halogens is 1. The van der Waals surface area contributed by atoms with Crippen LogP contribution in [0.25, 0.3) is 0 Å². The Morgan fingerprint density at radius 2 is 2.04 bits per heavy atom. The molecule has 1 N–H and O–H groups in total. The number of hydrogen-bond donors (Lipinski definition) is 1. The lowest BCUT2D eigenvalue weighted by atomic mass is 10.0. The fourth-order valence-electron chi connectivity index (χ4n) is 3.34. The Bertz CT molecular complexity index is 756. The smallest absolute Gasteiger partial charge is 0.227 e. The number of benzene rings is 1. The third-order valence-corrected chi connectivity index (χ3v) is 5.03. The van der Waals surface area contributed by atoms with Crippen LogP contribution in [0.3, 0.4) is 0 Å². The van der Waals surface area contributed by atoms with E-state index in [9.17, 15) is 0 Å². The maximum atomic E-state index is 6.18. The fourth-order valence-corrected chi connectivity index (χ4v) is 3.57. The first-order chi connectivity index (χ1) is 12.7. The van der Waals surface area contributed by atoms with Crippen LogP contribution >= 0.6 is 11.6 Å². The lowest BCUT2D eigenvalue weighted by molar-refractivity contribution is 0.405. The monoisotopic (exact) mass is 376 g/mol. The zero-order chi connectivity index (χ0) is 18.5. The van der Waals surface area contributed by atoms with Gasteiger partial charge in [-0.1, -0.05) is 18.5 Å². The standard InChI is InChI=1S/C19H25ClN4O2/c1-4-13-7-5-6-10-24(13)19-21-9-8-18(23-19)22-15-12-16(25-2)14(20)11-17(15)26-3/h8-9,11-13H,4-7,10H2,1-3H3,(H,21,22,23). The highest BCUT2D eigenvalue weighted by Gasteiger charge is 2.23. The van der Waals surface area contributed by atoms with E-state index in [4.69, 9.17) is 26.1 Å². The summed E-state index contributed by atoms with van der Waals surface area (Å²) < 4.78 is 10.7. The molecule has 1 aromatic heterocycles. The molecule has 26 heavy (non-hydrogen) atoms. The van der Waals surface area contributed by atoms with E-state index in [0.717, 1.165) is 24.6 Å². The number of methoxy groups -OCH3 is 2. The van der Waals surface area contributed by atoms with Gasteiger partial charge < -0.3 is 19.7 Å². The normalized spacial score (nSPS) is 17.1. The van der Waals surface area contributed by atoms with Crippen LogP contribution in [0.1, 0.15) is 32.6 Å². The molecule has 1 aromatic carbocycles. The van der Waals surface area contributed by atoms with Crippen molar-refractivity contribution >= 4 is 29.1 Å². The van der Waals surface area contributed by atoms with Crippen LogP contribution in [-0.4, -0.2) is 36.8 Å². The molecular weight excluding hydrogens is 352 g/mol. The first-order valence-electron chi connectivity index (χ1n) is 8.94. The number of rotatable bonds is 6. The summed E-state index contributed by atoms with van der Waals surface area (Å²) in [6.45, 7) is 3.22. The number of anilines is 3. The summed E-state index contributed by atoms with van der Waals surface area (Å²) in [5, 5.41) is 3.79. The Kier molecular flexibility index (Phi) is 6.04. The van der Waals surface area contributed by atoms with Gasteiger partial charge in [0.1, 0.15) is 17.3 Å². The van der Waals surface area contributed by atoms with Gasteiger partial charge in [-0.3, -0.25) is 0 Å². The third kappa shape index (κ3) is 3.96. The third-order valence-electron chi connectivity index (χ3n) is 4.73. The Hall–Kier alpha value is -2.21. The van der Waals surface area contributed by atoms with Crippen molar-refractivity contribution in [3.8, 4) is 11.5 Å². The largest absolute Gasteiger partial charge is 0.495 e. The van der Waals surface area contributed by atoms with Crippen molar-refractivity contribution in [1.29, 1.82) is 0 Å². The summed E-state index contributed by atoms with van der Waals surface area (Å²) in [6.07, 6.45) is 6.53. The van der Waals surface area contributed by atoms with E-state index in [-0.39, 0.29) is 0 Å². The van der Waals surface area contributed by atoms with Gasteiger partial charge in [0.05, 0.1) is 24.9 Å². The minimum Gasteiger partial charge on any atom is -0.495 e. The predicted molar refractivity (Wildman–Crippen MR) is 105 cm³/mol. The molecule has 1 saturated heterocycles. The van der Waals surface area contributed by atoms with Gasteiger partial charge in [-0.05, 0) is 31.7 Å². The molecule has 140 valence electrons. The van der Waals surface area contributed by atoms with Gasteiger partial charge >= 0.3 is 0 Å². The van der Waals surface area contributed by atoms with Crippen molar-refractivity contribution in [3.63, 3.8) is 0 Å². The van der Waals surface area contributed by atoms with Gasteiger partial charge in [0.2, 0.25) is 5.95 Å². The number of piperidine rings is 1. The van der Waals surface area contributed by atoms with E-state index in [1.165, 1.54) is 19.3 Å². The van der Waals surface area contributed by atoms with E-state index >= 15 is 0 Å². The minimum atomic E-state index is 0.498. The van der Waals surface area contributed by atoms with E-state index < -0.39 is 0 Å². The predicted octanol–water partition coefficient (Wildman–Crippen LogP) is 4.66. The van der Waals surface area contributed by atoms with E-state index in [0.29, 0.717) is 28.4 Å². The molecule has 1 unspecified atom stereocenters. The summed E-state index contributed by atoms with van der Waals surface area (Å²) in [7, 11) is 3.19. The van der Waals surface area contributed by atoms with Gasteiger partial charge in [-0.15, -0.1) is 0 Å². The van der Waals surface area contributed by atoms with Crippen molar-refractivity contribution in [2.45, 2.75) is 38.6 Å². The quantitative estimate of drug-likeness (QED) is 0.791. The van der Waals surface area contributed by atoms with Crippen molar-refractivity contribution in [3.05, 3.63) is 29.4 Å². The number of ether oxygens (including phenoxy) is 2. The summed E-state index contributed by atoms with van der Waals surface area (Å²) in [5.41, 5.74) is 0.740.